The number of aliphatic imine (C=N–C) groups is 1. The zero-order chi connectivity index (χ0) is 21.3. The lowest BCUT2D eigenvalue weighted by Crippen LogP contribution is -2.42. The van der Waals surface area contributed by atoms with Crippen LogP contribution >= 0.6 is 11.8 Å². The first-order chi connectivity index (χ1) is 14.7. The number of nitrogen functional groups attached to an aromatic ring is 1. The van der Waals surface area contributed by atoms with E-state index in [1.165, 1.54) is 19.3 Å². The number of hydrogen-bond acceptors (Lipinski definition) is 5. The fourth-order valence-corrected chi connectivity index (χ4v) is 4.57. The highest BCUT2D eigenvalue weighted by atomic mass is 32.2. The van der Waals surface area contributed by atoms with Crippen LogP contribution in [0.3, 0.4) is 0 Å². The molecule has 0 radical (unpaired) electrons. The molecule has 160 valence electrons. The van der Waals surface area contributed by atoms with Gasteiger partial charge in [-0.05, 0) is 57.4 Å². The highest BCUT2D eigenvalue weighted by Crippen LogP contribution is 2.28. The lowest BCUT2D eigenvalue weighted by molar-refractivity contribution is 0.614. The predicted molar refractivity (Wildman–Crippen MR) is 125 cm³/mol. The second kappa shape index (κ2) is 10.9. The first-order valence-electron chi connectivity index (χ1n) is 10.6. The van der Waals surface area contributed by atoms with Gasteiger partial charge in [0.25, 0.3) is 0 Å². The molecule has 0 bridgehead atoms. The average Bonchev–Trinajstić information content (AvgIpc) is 3.35. The Morgan fingerprint density at radius 2 is 2.17 bits per heavy atom. The van der Waals surface area contributed by atoms with Gasteiger partial charge >= 0.3 is 0 Å². The predicted octanol–water partition coefficient (Wildman–Crippen LogP) is 3.10. The molecule has 1 aromatic heterocycles. The second-order valence-corrected chi connectivity index (χ2v) is 8.58. The van der Waals surface area contributed by atoms with Crippen LogP contribution in [0.15, 0.2) is 35.3 Å². The Kier molecular flexibility index (Phi) is 8.03. The van der Waals surface area contributed by atoms with E-state index in [1.54, 1.807) is 4.68 Å². The topological polar surface area (TPSA) is 104 Å². The van der Waals surface area contributed by atoms with Crippen molar-refractivity contribution in [3.05, 3.63) is 41.6 Å². The van der Waals surface area contributed by atoms with Crippen molar-refractivity contribution in [1.82, 2.24) is 20.4 Å². The van der Waals surface area contributed by atoms with Crippen LogP contribution in [0.2, 0.25) is 0 Å². The van der Waals surface area contributed by atoms with E-state index < -0.39 is 0 Å². The van der Waals surface area contributed by atoms with Crippen LogP contribution in [-0.2, 0) is 6.42 Å². The van der Waals surface area contributed by atoms with Crippen molar-refractivity contribution in [1.29, 1.82) is 5.26 Å². The maximum Gasteiger partial charge on any atom is 0.191 e. The van der Waals surface area contributed by atoms with Gasteiger partial charge in [-0.2, -0.15) is 22.1 Å². The molecule has 4 N–H and O–H groups in total. The Balaban J connectivity index is 1.60. The third-order valence-corrected chi connectivity index (χ3v) is 6.45. The summed E-state index contributed by atoms with van der Waals surface area (Å²) in [6.07, 6.45) is 7.29. The van der Waals surface area contributed by atoms with Crippen LogP contribution < -0.4 is 16.4 Å². The fourth-order valence-electron chi connectivity index (χ4n) is 3.78. The maximum absolute atomic E-state index is 9.54. The van der Waals surface area contributed by atoms with Crippen molar-refractivity contribution in [2.75, 3.05) is 25.1 Å². The van der Waals surface area contributed by atoms with Crippen molar-refractivity contribution in [3.63, 3.8) is 0 Å². The number of nitrogens with zero attached hydrogens (tertiary/aromatic N) is 4. The van der Waals surface area contributed by atoms with Gasteiger partial charge in [-0.1, -0.05) is 18.2 Å². The van der Waals surface area contributed by atoms with Crippen LogP contribution in [0, 0.1) is 11.3 Å². The Hall–Kier alpha value is -2.66. The van der Waals surface area contributed by atoms with Crippen LogP contribution in [-0.4, -0.2) is 46.4 Å². The van der Waals surface area contributed by atoms with Gasteiger partial charge < -0.3 is 16.4 Å². The van der Waals surface area contributed by atoms with E-state index in [0.717, 1.165) is 35.6 Å². The molecule has 1 aliphatic rings. The standard InChI is InChI=1S/C22H31N7S/c1-3-25-22(27-16-11-12-18(14-16)30-2)26-13-7-10-20-19(15-23)21(24)29(28-20)17-8-5-4-6-9-17/h4-6,8-9,16,18H,3,7,10-14,24H2,1-2H3,(H2,25,26,27). The molecular formula is C22H31N7S. The first-order valence-corrected chi connectivity index (χ1v) is 11.9. The van der Waals surface area contributed by atoms with Crippen molar-refractivity contribution in [2.24, 2.45) is 4.99 Å². The summed E-state index contributed by atoms with van der Waals surface area (Å²) in [6, 6.07) is 12.4. The molecule has 1 heterocycles. The third-order valence-electron chi connectivity index (χ3n) is 5.35. The Morgan fingerprint density at radius 1 is 1.37 bits per heavy atom. The molecule has 1 aromatic carbocycles. The summed E-state index contributed by atoms with van der Waals surface area (Å²) in [5, 5.41) is 21.8. The number of aromatic nitrogens is 2. The number of nitrogens with two attached hydrogens (primary N) is 1. The minimum atomic E-state index is 0.391. The quantitative estimate of drug-likeness (QED) is 0.341. The van der Waals surface area contributed by atoms with Gasteiger partial charge in [-0.15, -0.1) is 0 Å². The lowest BCUT2D eigenvalue weighted by Gasteiger charge is -2.17. The molecule has 2 aromatic rings. The molecule has 2 unspecified atom stereocenters. The monoisotopic (exact) mass is 425 g/mol. The normalized spacial score (nSPS) is 18.9. The number of nitriles is 1. The summed E-state index contributed by atoms with van der Waals surface area (Å²) in [7, 11) is 0. The van der Waals surface area contributed by atoms with Crippen LogP contribution in [0.1, 0.15) is 43.9 Å². The minimum Gasteiger partial charge on any atom is -0.382 e. The number of hydrogen-bond donors (Lipinski definition) is 3. The summed E-state index contributed by atoms with van der Waals surface area (Å²) in [4.78, 5) is 4.72. The Labute approximate surface area is 183 Å². The van der Waals surface area contributed by atoms with Crippen LogP contribution in [0.5, 0.6) is 0 Å². The number of guanidine groups is 1. The maximum atomic E-state index is 9.54. The lowest BCUT2D eigenvalue weighted by atomic mass is 10.1. The molecule has 1 fully saturated rings. The zero-order valence-electron chi connectivity index (χ0n) is 17.8. The zero-order valence-corrected chi connectivity index (χ0v) is 18.6. The van der Waals surface area contributed by atoms with Gasteiger partial charge in [0.2, 0.25) is 0 Å². The highest BCUT2D eigenvalue weighted by molar-refractivity contribution is 7.99. The van der Waals surface area contributed by atoms with Crippen LogP contribution in [0.25, 0.3) is 5.69 Å². The van der Waals surface area contributed by atoms with Gasteiger partial charge in [0.1, 0.15) is 17.5 Å². The number of nitrogens with one attached hydrogen (secondary N) is 2. The van der Waals surface area contributed by atoms with Crippen molar-refractivity contribution >= 4 is 23.5 Å². The highest BCUT2D eigenvalue weighted by Gasteiger charge is 2.24. The SMILES string of the molecule is CCNC(=NCCCc1nn(-c2ccccc2)c(N)c1C#N)NC1CCC(SC)C1. The molecule has 0 spiro atoms. The summed E-state index contributed by atoms with van der Waals surface area (Å²) in [5.74, 6) is 1.26. The van der Waals surface area contributed by atoms with Gasteiger partial charge in [0, 0.05) is 24.4 Å². The summed E-state index contributed by atoms with van der Waals surface area (Å²) in [6.45, 7) is 3.58. The Bertz CT molecular complexity index is 885. The average molecular weight is 426 g/mol. The number of benzene rings is 1. The molecule has 2 atom stereocenters. The number of aryl methyl sites for hydroxylation is 1. The number of thioether (sulfide) groups is 1. The van der Waals surface area contributed by atoms with Crippen LogP contribution in [0.4, 0.5) is 5.82 Å². The number of anilines is 1. The number of rotatable bonds is 8. The van der Waals surface area contributed by atoms with E-state index in [4.69, 9.17) is 10.7 Å². The smallest absolute Gasteiger partial charge is 0.191 e. The molecular weight excluding hydrogens is 394 g/mol. The van der Waals surface area contributed by atoms with E-state index in [2.05, 4.69) is 35.0 Å². The second-order valence-electron chi connectivity index (χ2n) is 7.44. The van der Waals surface area contributed by atoms with Gasteiger partial charge in [0.05, 0.1) is 11.4 Å². The number of para-hydroxylation sites is 1. The van der Waals surface area contributed by atoms with Crippen molar-refractivity contribution in [2.45, 2.75) is 50.3 Å². The van der Waals surface area contributed by atoms with E-state index in [9.17, 15) is 5.26 Å². The summed E-state index contributed by atoms with van der Waals surface area (Å²) >= 11 is 1.95. The summed E-state index contributed by atoms with van der Waals surface area (Å²) < 4.78 is 1.64. The molecule has 0 amide bonds. The third kappa shape index (κ3) is 5.48. The van der Waals surface area contributed by atoms with E-state index in [0.29, 0.717) is 30.4 Å². The fraction of sp³-hybridized carbons (Fsp3) is 0.500. The molecule has 30 heavy (non-hydrogen) atoms. The summed E-state index contributed by atoms with van der Waals surface area (Å²) in [5.41, 5.74) is 8.22. The largest absolute Gasteiger partial charge is 0.382 e. The van der Waals surface area contributed by atoms with Crippen molar-refractivity contribution < 1.29 is 0 Å². The molecule has 0 aliphatic heterocycles. The van der Waals surface area contributed by atoms with Gasteiger partial charge in [-0.3, -0.25) is 4.99 Å². The molecule has 1 aliphatic carbocycles. The van der Waals surface area contributed by atoms with E-state index in [1.807, 2.05) is 42.1 Å². The molecule has 0 saturated heterocycles. The minimum absolute atomic E-state index is 0.391. The molecule has 7 nitrogen and oxygen atoms in total. The molecule has 3 rings (SSSR count). The molecule has 1 saturated carbocycles. The van der Waals surface area contributed by atoms with Gasteiger partial charge in [-0.25, -0.2) is 4.68 Å². The first kappa shape index (κ1) is 22.0. The van der Waals surface area contributed by atoms with Gasteiger partial charge in [0.15, 0.2) is 5.96 Å². The molecule has 8 heteroatoms. The van der Waals surface area contributed by atoms with E-state index in [-0.39, 0.29) is 0 Å². The van der Waals surface area contributed by atoms with E-state index >= 15 is 0 Å². The van der Waals surface area contributed by atoms with Crippen molar-refractivity contribution in [3.8, 4) is 11.8 Å². The Morgan fingerprint density at radius 3 is 2.83 bits per heavy atom.